The molecule has 84 valence electrons. The first-order valence-corrected chi connectivity index (χ1v) is 5.80. The van der Waals surface area contributed by atoms with Crippen LogP contribution in [-0.4, -0.2) is 32.8 Å². The summed E-state index contributed by atoms with van der Waals surface area (Å²) in [5.74, 6) is 0.634. The molecule has 16 heavy (non-hydrogen) atoms. The zero-order chi connectivity index (χ0) is 11.7. The maximum Gasteiger partial charge on any atom is 0.155 e. The Kier molecular flexibility index (Phi) is 2.87. The predicted octanol–water partition coefficient (Wildman–Crippen LogP) is 1.55. The van der Waals surface area contributed by atoms with E-state index in [1.54, 1.807) is 6.07 Å². The van der Waals surface area contributed by atoms with Gasteiger partial charge in [-0.3, -0.25) is 9.79 Å². The number of aromatic hydroxyl groups is 2. The Labute approximate surface area is 97.0 Å². The van der Waals surface area contributed by atoms with Gasteiger partial charge in [0.2, 0.25) is 0 Å². The molecule has 0 bridgehead atoms. The fourth-order valence-electron chi connectivity index (χ4n) is 1.43. The molecule has 0 spiro atoms. The summed E-state index contributed by atoms with van der Waals surface area (Å²) in [4.78, 5) is 15.4. The summed E-state index contributed by atoms with van der Waals surface area (Å²) in [7, 11) is 0. The second-order valence-corrected chi connectivity index (χ2v) is 4.58. The molecule has 5 heteroatoms. The van der Waals surface area contributed by atoms with Gasteiger partial charge in [0, 0.05) is 17.4 Å². The van der Waals surface area contributed by atoms with Crippen LogP contribution in [0.1, 0.15) is 12.5 Å². The number of hydrogen-bond acceptors (Lipinski definition) is 5. The lowest BCUT2D eigenvalue weighted by molar-refractivity contribution is -0.117. The third-order valence-electron chi connectivity index (χ3n) is 2.33. The molecule has 0 saturated heterocycles. The molecule has 0 amide bonds. The standard InChI is InChI=1S/C11H11NO3S/c1-6(13)9-5-16-11(12-9)8-3-2-7(14)4-10(8)15/h2-4,9,14-15H,5H2,1H3/t9-/m0/s1. The number of phenolic OH excluding ortho intramolecular Hbond substituents is 2. The Balaban J connectivity index is 2.32. The largest absolute Gasteiger partial charge is 0.508 e. The van der Waals surface area contributed by atoms with E-state index in [1.807, 2.05) is 0 Å². The summed E-state index contributed by atoms with van der Waals surface area (Å²) in [6.07, 6.45) is 0. The molecule has 0 aliphatic carbocycles. The molecule has 2 rings (SSSR count). The molecule has 0 fully saturated rings. The average Bonchev–Trinajstić information content (AvgIpc) is 2.66. The Morgan fingerprint density at radius 2 is 2.25 bits per heavy atom. The van der Waals surface area contributed by atoms with Crippen LogP contribution in [0.2, 0.25) is 0 Å². The van der Waals surface area contributed by atoms with Gasteiger partial charge in [-0.05, 0) is 19.1 Å². The number of aliphatic imine (C=N–C) groups is 1. The summed E-state index contributed by atoms with van der Waals surface area (Å²) in [6.45, 7) is 1.51. The number of thioether (sulfide) groups is 1. The molecule has 1 aliphatic rings. The van der Waals surface area contributed by atoms with E-state index >= 15 is 0 Å². The van der Waals surface area contributed by atoms with Crippen molar-refractivity contribution in [1.29, 1.82) is 0 Å². The lowest BCUT2D eigenvalue weighted by Gasteiger charge is -2.03. The first-order chi connectivity index (χ1) is 7.58. The van der Waals surface area contributed by atoms with Gasteiger partial charge >= 0.3 is 0 Å². The minimum Gasteiger partial charge on any atom is -0.508 e. The number of carbonyl (C=O) groups is 1. The van der Waals surface area contributed by atoms with Crippen molar-refractivity contribution in [2.45, 2.75) is 13.0 Å². The van der Waals surface area contributed by atoms with Crippen molar-refractivity contribution in [2.24, 2.45) is 4.99 Å². The quantitative estimate of drug-likeness (QED) is 0.818. The lowest BCUT2D eigenvalue weighted by Crippen LogP contribution is -2.14. The summed E-state index contributed by atoms with van der Waals surface area (Å²) in [5.41, 5.74) is 0.562. The molecular formula is C11H11NO3S. The van der Waals surface area contributed by atoms with Crippen LogP contribution in [0.5, 0.6) is 11.5 Å². The molecule has 2 N–H and O–H groups in total. The number of hydrogen-bond donors (Lipinski definition) is 2. The van der Waals surface area contributed by atoms with Crippen molar-refractivity contribution in [3.05, 3.63) is 23.8 Å². The average molecular weight is 237 g/mol. The molecule has 4 nitrogen and oxygen atoms in total. The van der Waals surface area contributed by atoms with Crippen LogP contribution in [0.25, 0.3) is 0 Å². The van der Waals surface area contributed by atoms with Crippen LogP contribution >= 0.6 is 11.8 Å². The van der Waals surface area contributed by atoms with Crippen LogP contribution in [0.4, 0.5) is 0 Å². The Morgan fingerprint density at radius 3 is 2.81 bits per heavy atom. The van der Waals surface area contributed by atoms with Crippen molar-refractivity contribution >= 4 is 22.6 Å². The van der Waals surface area contributed by atoms with Gasteiger partial charge in [-0.15, -0.1) is 11.8 Å². The zero-order valence-corrected chi connectivity index (χ0v) is 9.49. The van der Waals surface area contributed by atoms with Crippen molar-refractivity contribution in [1.82, 2.24) is 0 Å². The van der Waals surface area contributed by atoms with Gasteiger partial charge in [0.1, 0.15) is 22.6 Å². The fourth-order valence-corrected chi connectivity index (χ4v) is 2.59. The smallest absolute Gasteiger partial charge is 0.155 e. The maximum atomic E-state index is 11.1. The van der Waals surface area contributed by atoms with Crippen LogP contribution in [0.3, 0.4) is 0 Å². The summed E-state index contributed by atoms with van der Waals surface area (Å²) in [6, 6.07) is 4.03. The highest BCUT2D eigenvalue weighted by Gasteiger charge is 2.24. The Morgan fingerprint density at radius 1 is 1.50 bits per heavy atom. The third kappa shape index (κ3) is 2.04. The highest BCUT2D eigenvalue weighted by Crippen LogP contribution is 2.30. The van der Waals surface area contributed by atoms with Crippen LogP contribution in [0, 0.1) is 0 Å². The second-order valence-electron chi connectivity index (χ2n) is 3.57. The topological polar surface area (TPSA) is 69.9 Å². The van der Waals surface area contributed by atoms with Gasteiger partial charge in [0.15, 0.2) is 5.78 Å². The van der Waals surface area contributed by atoms with Crippen LogP contribution in [0.15, 0.2) is 23.2 Å². The molecule has 0 radical (unpaired) electrons. The first-order valence-electron chi connectivity index (χ1n) is 4.81. The SMILES string of the molecule is CC(=O)[C@@H]1CSC(c2ccc(O)cc2O)=N1. The van der Waals surface area contributed by atoms with Gasteiger partial charge in [-0.1, -0.05) is 0 Å². The minimum atomic E-state index is -0.312. The molecule has 1 aromatic rings. The van der Waals surface area contributed by atoms with Gasteiger partial charge in [-0.25, -0.2) is 0 Å². The van der Waals surface area contributed by atoms with Crippen molar-refractivity contribution in [3.8, 4) is 11.5 Å². The molecule has 1 atom stereocenters. The first kappa shape index (κ1) is 11.0. The van der Waals surface area contributed by atoms with E-state index in [2.05, 4.69) is 4.99 Å². The number of ketones is 1. The van der Waals surface area contributed by atoms with E-state index < -0.39 is 0 Å². The van der Waals surface area contributed by atoms with E-state index in [0.717, 1.165) is 0 Å². The van der Waals surface area contributed by atoms with Crippen LogP contribution < -0.4 is 0 Å². The zero-order valence-electron chi connectivity index (χ0n) is 8.67. The summed E-state index contributed by atoms with van der Waals surface area (Å²) in [5, 5.41) is 19.4. The number of phenols is 2. The molecular weight excluding hydrogens is 226 g/mol. The molecule has 1 heterocycles. The van der Waals surface area contributed by atoms with Gasteiger partial charge in [0.05, 0.1) is 0 Å². The highest BCUT2D eigenvalue weighted by atomic mass is 32.2. The number of benzene rings is 1. The number of nitrogens with zero attached hydrogens (tertiary/aromatic N) is 1. The van der Waals surface area contributed by atoms with E-state index in [0.29, 0.717) is 16.4 Å². The van der Waals surface area contributed by atoms with Crippen molar-refractivity contribution < 1.29 is 15.0 Å². The Bertz CT molecular complexity index is 470. The van der Waals surface area contributed by atoms with E-state index in [4.69, 9.17) is 5.11 Å². The monoisotopic (exact) mass is 237 g/mol. The Hall–Kier alpha value is -1.49. The maximum absolute atomic E-state index is 11.1. The van der Waals surface area contributed by atoms with E-state index in [9.17, 15) is 9.90 Å². The van der Waals surface area contributed by atoms with Gasteiger partial charge in [-0.2, -0.15) is 0 Å². The van der Waals surface area contributed by atoms with Crippen molar-refractivity contribution in [2.75, 3.05) is 5.75 Å². The third-order valence-corrected chi connectivity index (χ3v) is 3.41. The number of carbonyl (C=O) groups excluding carboxylic acids is 1. The molecule has 1 aromatic carbocycles. The molecule has 0 saturated carbocycles. The van der Waals surface area contributed by atoms with E-state index in [1.165, 1.54) is 30.8 Å². The minimum absolute atomic E-state index is 0.00737. The summed E-state index contributed by atoms with van der Waals surface area (Å²) >= 11 is 1.44. The normalized spacial score (nSPS) is 19.6. The number of Topliss-reactive ketones (excluding diaryl/α,β-unsaturated/α-hetero) is 1. The highest BCUT2D eigenvalue weighted by molar-refractivity contribution is 8.14. The fraction of sp³-hybridized carbons (Fsp3) is 0.273. The van der Waals surface area contributed by atoms with E-state index in [-0.39, 0.29) is 23.3 Å². The van der Waals surface area contributed by atoms with Crippen LogP contribution in [-0.2, 0) is 4.79 Å². The van der Waals surface area contributed by atoms with Gasteiger partial charge in [0.25, 0.3) is 0 Å². The molecule has 0 unspecified atom stereocenters. The second kappa shape index (κ2) is 4.17. The lowest BCUT2D eigenvalue weighted by atomic mass is 10.2. The van der Waals surface area contributed by atoms with Gasteiger partial charge < -0.3 is 10.2 Å². The molecule has 1 aliphatic heterocycles. The summed E-state index contributed by atoms with van der Waals surface area (Å²) < 4.78 is 0. The number of rotatable bonds is 2. The van der Waals surface area contributed by atoms with Crippen molar-refractivity contribution in [3.63, 3.8) is 0 Å². The molecule has 0 aromatic heterocycles. The predicted molar refractivity (Wildman–Crippen MR) is 63.2 cm³/mol.